The highest BCUT2D eigenvalue weighted by molar-refractivity contribution is 7.89. The van der Waals surface area contributed by atoms with E-state index in [0.29, 0.717) is 23.5 Å². The maximum absolute atomic E-state index is 12.2. The topological polar surface area (TPSA) is 49.4 Å². The van der Waals surface area contributed by atoms with Gasteiger partial charge in [0.1, 0.15) is 0 Å². The molecule has 0 atom stereocenters. The van der Waals surface area contributed by atoms with Crippen molar-refractivity contribution in [2.45, 2.75) is 39.5 Å². The summed E-state index contributed by atoms with van der Waals surface area (Å²) < 4.78 is 26.0. The number of rotatable bonds is 7. The largest absolute Gasteiger partial charge is 0.316 e. The first-order valence-corrected chi connectivity index (χ1v) is 9.27. The Morgan fingerprint density at radius 3 is 2.26 bits per heavy atom. The van der Waals surface area contributed by atoms with E-state index in [1.54, 1.807) is 4.31 Å². The number of sulfonamides is 1. The molecule has 1 saturated heterocycles. The molecule has 0 aromatic carbocycles. The van der Waals surface area contributed by atoms with Crippen molar-refractivity contribution in [3.8, 4) is 0 Å². The summed E-state index contributed by atoms with van der Waals surface area (Å²) in [6.45, 7) is 7.96. The van der Waals surface area contributed by atoms with Gasteiger partial charge in [0.05, 0.1) is 5.75 Å². The second kappa shape index (κ2) is 6.55. The number of piperidine rings is 1. The van der Waals surface area contributed by atoms with Gasteiger partial charge >= 0.3 is 0 Å². The minimum Gasteiger partial charge on any atom is -0.316 e. The minimum absolute atomic E-state index is 0.392. The molecule has 0 aromatic heterocycles. The molecule has 4 nitrogen and oxygen atoms in total. The summed E-state index contributed by atoms with van der Waals surface area (Å²) in [4.78, 5) is 0. The number of nitrogens with one attached hydrogen (secondary N) is 1. The molecule has 1 aliphatic carbocycles. The molecule has 0 amide bonds. The van der Waals surface area contributed by atoms with Crippen LogP contribution in [0.1, 0.15) is 39.5 Å². The first kappa shape index (κ1) is 15.3. The van der Waals surface area contributed by atoms with E-state index in [-0.39, 0.29) is 0 Å². The Hall–Kier alpha value is -0.130. The van der Waals surface area contributed by atoms with Crippen LogP contribution in [0.15, 0.2) is 0 Å². The third-order valence-corrected chi connectivity index (χ3v) is 6.14. The van der Waals surface area contributed by atoms with Gasteiger partial charge in [0.25, 0.3) is 0 Å². The number of nitrogens with zero attached hydrogens (tertiary/aromatic N) is 1. The molecule has 1 N–H and O–H groups in total. The predicted molar refractivity (Wildman–Crippen MR) is 78.5 cm³/mol. The first-order chi connectivity index (χ1) is 8.97. The second-order valence-electron chi connectivity index (χ2n) is 6.62. The molecule has 1 heterocycles. The highest BCUT2D eigenvalue weighted by Gasteiger charge is 2.33. The lowest BCUT2D eigenvalue weighted by atomic mass is 9.98. The van der Waals surface area contributed by atoms with Crippen molar-refractivity contribution < 1.29 is 8.42 Å². The first-order valence-electron chi connectivity index (χ1n) is 7.66. The lowest BCUT2D eigenvalue weighted by Crippen LogP contribution is -2.42. The summed E-state index contributed by atoms with van der Waals surface area (Å²) >= 11 is 0. The van der Waals surface area contributed by atoms with Crippen LogP contribution in [0, 0.1) is 17.8 Å². The monoisotopic (exact) mass is 288 g/mol. The fourth-order valence-electron chi connectivity index (χ4n) is 2.66. The fraction of sp³-hybridized carbons (Fsp3) is 1.00. The van der Waals surface area contributed by atoms with E-state index in [4.69, 9.17) is 0 Å². The van der Waals surface area contributed by atoms with Crippen molar-refractivity contribution in [2.75, 3.05) is 31.9 Å². The quantitative estimate of drug-likeness (QED) is 0.775. The van der Waals surface area contributed by atoms with Crippen LogP contribution in [-0.2, 0) is 10.0 Å². The molecule has 5 heteroatoms. The smallest absolute Gasteiger partial charge is 0.214 e. The molecule has 112 valence electrons. The maximum atomic E-state index is 12.2. The highest BCUT2D eigenvalue weighted by Crippen LogP contribution is 2.32. The van der Waals surface area contributed by atoms with Gasteiger partial charge in [0, 0.05) is 13.1 Å². The Balaban J connectivity index is 1.69. The summed E-state index contributed by atoms with van der Waals surface area (Å²) in [6.07, 6.45) is 4.23. The molecule has 1 saturated carbocycles. The molecular formula is C14H28N2O2S. The molecule has 2 aliphatic rings. The van der Waals surface area contributed by atoms with E-state index in [1.807, 2.05) is 0 Å². The van der Waals surface area contributed by atoms with Crippen molar-refractivity contribution in [1.29, 1.82) is 0 Å². The van der Waals surface area contributed by atoms with Crippen molar-refractivity contribution in [1.82, 2.24) is 9.62 Å². The third kappa shape index (κ3) is 5.04. The van der Waals surface area contributed by atoms with Gasteiger partial charge in [-0.3, -0.25) is 0 Å². The summed E-state index contributed by atoms with van der Waals surface area (Å²) in [6, 6.07) is 0. The van der Waals surface area contributed by atoms with Crippen LogP contribution in [0.2, 0.25) is 0 Å². The van der Waals surface area contributed by atoms with Crippen LogP contribution in [0.3, 0.4) is 0 Å². The Morgan fingerprint density at radius 2 is 1.74 bits per heavy atom. The lowest BCUT2D eigenvalue weighted by molar-refractivity contribution is 0.265. The van der Waals surface area contributed by atoms with Crippen LogP contribution in [0.25, 0.3) is 0 Å². The van der Waals surface area contributed by atoms with Crippen molar-refractivity contribution >= 4 is 10.0 Å². The normalized spacial score (nSPS) is 23.1. The molecule has 1 aliphatic heterocycles. The van der Waals surface area contributed by atoms with E-state index in [1.165, 1.54) is 0 Å². The van der Waals surface area contributed by atoms with Gasteiger partial charge in [-0.1, -0.05) is 13.8 Å². The molecule has 2 rings (SSSR count). The van der Waals surface area contributed by atoms with E-state index < -0.39 is 10.0 Å². The Bertz CT molecular complexity index is 369. The average molecular weight is 288 g/mol. The van der Waals surface area contributed by atoms with E-state index in [9.17, 15) is 8.42 Å². The maximum Gasteiger partial charge on any atom is 0.214 e. The molecular weight excluding hydrogens is 260 g/mol. The third-order valence-electron chi connectivity index (χ3n) is 4.10. The predicted octanol–water partition coefficient (Wildman–Crippen LogP) is 1.68. The summed E-state index contributed by atoms with van der Waals surface area (Å²) in [5, 5.41) is 3.48. The Labute approximate surface area is 118 Å². The van der Waals surface area contributed by atoms with Crippen LogP contribution in [0.4, 0.5) is 0 Å². The fourth-order valence-corrected chi connectivity index (χ4v) is 4.56. The second-order valence-corrected chi connectivity index (χ2v) is 8.63. The zero-order chi connectivity index (χ0) is 13.9. The SMILES string of the molecule is CC(C)CNCC1CCN(S(=O)(=O)CC2CC2)CC1. The van der Waals surface area contributed by atoms with Gasteiger partial charge in [0.2, 0.25) is 10.0 Å². The number of hydrogen-bond donors (Lipinski definition) is 1. The van der Waals surface area contributed by atoms with E-state index in [2.05, 4.69) is 19.2 Å². The van der Waals surface area contributed by atoms with E-state index in [0.717, 1.165) is 51.9 Å². The molecule has 0 bridgehead atoms. The summed E-state index contributed by atoms with van der Waals surface area (Å²) in [5.74, 6) is 2.17. The van der Waals surface area contributed by atoms with Crippen molar-refractivity contribution in [2.24, 2.45) is 17.8 Å². The summed E-state index contributed by atoms with van der Waals surface area (Å²) in [7, 11) is -2.96. The highest BCUT2D eigenvalue weighted by atomic mass is 32.2. The molecule has 0 radical (unpaired) electrons. The van der Waals surface area contributed by atoms with E-state index >= 15 is 0 Å². The standard InChI is InChI=1S/C14H28N2O2S/c1-12(2)9-15-10-13-5-7-16(8-6-13)19(17,18)11-14-3-4-14/h12-15H,3-11H2,1-2H3. The van der Waals surface area contributed by atoms with Gasteiger partial charge < -0.3 is 5.32 Å². The zero-order valence-electron chi connectivity index (χ0n) is 12.3. The summed E-state index contributed by atoms with van der Waals surface area (Å²) in [5.41, 5.74) is 0. The molecule has 0 aromatic rings. The van der Waals surface area contributed by atoms with Gasteiger partial charge in [-0.25, -0.2) is 12.7 Å². The van der Waals surface area contributed by atoms with Crippen molar-refractivity contribution in [3.63, 3.8) is 0 Å². The molecule has 2 fully saturated rings. The molecule has 19 heavy (non-hydrogen) atoms. The molecule has 0 unspecified atom stereocenters. The Kier molecular flexibility index (Phi) is 5.26. The van der Waals surface area contributed by atoms with Crippen LogP contribution in [-0.4, -0.2) is 44.7 Å². The average Bonchev–Trinajstić information content (AvgIpc) is 3.12. The lowest BCUT2D eigenvalue weighted by Gasteiger charge is -2.31. The van der Waals surface area contributed by atoms with Crippen LogP contribution < -0.4 is 5.32 Å². The van der Waals surface area contributed by atoms with Gasteiger partial charge in [-0.15, -0.1) is 0 Å². The Morgan fingerprint density at radius 1 is 1.11 bits per heavy atom. The van der Waals surface area contributed by atoms with Crippen LogP contribution >= 0.6 is 0 Å². The molecule has 0 spiro atoms. The zero-order valence-corrected chi connectivity index (χ0v) is 13.1. The van der Waals surface area contributed by atoms with Gasteiger partial charge in [-0.05, 0) is 56.5 Å². The van der Waals surface area contributed by atoms with Crippen molar-refractivity contribution in [3.05, 3.63) is 0 Å². The van der Waals surface area contributed by atoms with Gasteiger partial charge in [-0.2, -0.15) is 0 Å². The number of hydrogen-bond acceptors (Lipinski definition) is 3. The van der Waals surface area contributed by atoms with Gasteiger partial charge in [0.15, 0.2) is 0 Å². The van der Waals surface area contributed by atoms with Crippen LogP contribution in [0.5, 0.6) is 0 Å². The minimum atomic E-state index is -2.96.